The summed E-state index contributed by atoms with van der Waals surface area (Å²) in [4.78, 5) is 35.2. The third-order valence-corrected chi connectivity index (χ3v) is 3.89. The lowest BCUT2D eigenvalue weighted by molar-refractivity contribution is -0.128. The molecule has 0 saturated heterocycles. The Balaban J connectivity index is 3.94. The molecule has 0 rings (SSSR count). The number of carbonyl (C=O) groups excluding carboxylic acids is 3. The summed E-state index contributed by atoms with van der Waals surface area (Å²) in [5.41, 5.74) is 0. The highest BCUT2D eigenvalue weighted by molar-refractivity contribution is 5.86. The molecule has 0 unspecified atom stereocenters. The monoisotopic (exact) mass is 400 g/mol. The molecule has 3 amide bonds. The molecule has 0 aliphatic heterocycles. The van der Waals surface area contributed by atoms with Crippen molar-refractivity contribution < 1.29 is 19.1 Å². The first-order chi connectivity index (χ1) is 13.2. The van der Waals surface area contributed by atoms with E-state index in [4.69, 9.17) is 4.74 Å². The molecule has 28 heavy (non-hydrogen) atoms. The summed E-state index contributed by atoms with van der Waals surface area (Å²) in [6.45, 7) is 12.2. The zero-order valence-corrected chi connectivity index (χ0v) is 18.2. The molecule has 0 heterocycles. The van der Waals surface area contributed by atoms with Crippen LogP contribution in [0.4, 0.5) is 0 Å². The summed E-state index contributed by atoms with van der Waals surface area (Å²) >= 11 is 0. The number of hydrogen-bond donors (Lipinski definition) is 4. The first-order valence-electron chi connectivity index (χ1n) is 10.3. The van der Waals surface area contributed by atoms with Crippen LogP contribution in [0.2, 0.25) is 0 Å². The second-order valence-corrected chi connectivity index (χ2v) is 7.71. The Hall–Kier alpha value is -1.67. The highest BCUT2D eigenvalue weighted by atomic mass is 16.5. The van der Waals surface area contributed by atoms with Gasteiger partial charge >= 0.3 is 0 Å². The van der Waals surface area contributed by atoms with E-state index in [2.05, 4.69) is 35.1 Å². The minimum absolute atomic E-state index is 0.0320. The van der Waals surface area contributed by atoms with Crippen molar-refractivity contribution in [3.05, 3.63) is 0 Å². The van der Waals surface area contributed by atoms with Gasteiger partial charge in [-0.3, -0.25) is 14.4 Å². The molecule has 0 aliphatic carbocycles. The Morgan fingerprint density at radius 1 is 0.929 bits per heavy atom. The Labute approximate surface area is 169 Å². The lowest BCUT2D eigenvalue weighted by Crippen LogP contribution is -2.46. The molecule has 0 aromatic rings. The van der Waals surface area contributed by atoms with Gasteiger partial charge in [0.15, 0.2) is 0 Å². The Kier molecular flexibility index (Phi) is 15.3. The van der Waals surface area contributed by atoms with Crippen LogP contribution >= 0.6 is 0 Å². The molecule has 4 N–H and O–H groups in total. The molecular formula is C20H40N4O4. The third kappa shape index (κ3) is 16.5. The second kappa shape index (κ2) is 16.3. The van der Waals surface area contributed by atoms with Gasteiger partial charge in [0, 0.05) is 32.5 Å². The zero-order chi connectivity index (χ0) is 21.4. The summed E-state index contributed by atoms with van der Waals surface area (Å²) < 4.78 is 5.39. The van der Waals surface area contributed by atoms with Crippen molar-refractivity contribution in [3.8, 4) is 0 Å². The van der Waals surface area contributed by atoms with E-state index in [1.165, 1.54) is 6.92 Å². The average Bonchev–Trinajstić information content (AvgIpc) is 2.60. The van der Waals surface area contributed by atoms with Crippen molar-refractivity contribution in [1.82, 2.24) is 21.3 Å². The summed E-state index contributed by atoms with van der Waals surface area (Å²) in [5, 5.41) is 11.6. The normalized spacial score (nSPS) is 12.1. The maximum atomic E-state index is 12.3. The van der Waals surface area contributed by atoms with Crippen LogP contribution < -0.4 is 21.3 Å². The smallest absolute Gasteiger partial charge is 0.242 e. The fraction of sp³-hybridized carbons (Fsp3) is 0.850. The van der Waals surface area contributed by atoms with E-state index in [1.54, 1.807) is 0 Å². The number of unbranched alkanes of at least 4 members (excludes halogenated alkanes) is 1. The Morgan fingerprint density at radius 2 is 1.64 bits per heavy atom. The molecule has 8 nitrogen and oxygen atoms in total. The standard InChI is InChI=1S/C20H40N4O4/c1-15(2)14-23-19(26)9-12-28-13-11-22-20(27)18(24-17(5)25)8-6-7-10-21-16(3)4/h15-16,18,21H,6-14H2,1-5H3,(H,22,27)(H,23,26)(H,24,25)/t18-/m0/s1. The molecule has 0 fully saturated rings. The van der Waals surface area contributed by atoms with Crippen molar-refractivity contribution >= 4 is 17.7 Å². The van der Waals surface area contributed by atoms with E-state index in [9.17, 15) is 14.4 Å². The van der Waals surface area contributed by atoms with Crippen LogP contribution in [0.25, 0.3) is 0 Å². The number of nitrogens with one attached hydrogen (secondary N) is 4. The summed E-state index contributed by atoms with van der Waals surface area (Å²) in [5.74, 6) is -0.0343. The van der Waals surface area contributed by atoms with Crippen LogP contribution in [0.15, 0.2) is 0 Å². The van der Waals surface area contributed by atoms with Crippen molar-refractivity contribution in [2.45, 2.75) is 72.4 Å². The lowest BCUT2D eigenvalue weighted by atomic mass is 10.1. The van der Waals surface area contributed by atoms with Gasteiger partial charge in [0.05, 0.1) is 13.2 Å². The maximum absolute atomic E-state index is 12.3. The Bertz CT molecular complexity index is 455. The minimum atomic E-state index is -0.529. The first kappa shape index (κ1) is 26.3. The largest absolute Gasteiger partial charge is 0.379 e. The second-order valence-electron chi connectivity index (χ2n) is 7.71. The average molecular weight is 401 g/mol. The highest BCUT2D eigenvalue weighted by Gasteiger charge is 2.18. The molecule has 8 heteroatoms. The molecule has 0 saturated carbocycles. The van der Waals surface area contributed by atoms with E-state index >= 15 is 0 Å². The number of ether oxygens (including phenoxy) is 1. The van der Waals surface area contributed by atoms with Gasteiger partial charge in [-0.2, -0.15) is 0 Å². The number of carbonyl (C=O) groups is 3. The van der Waals surface area contributed by atoms with Crippen LogP contribution in [-0.4, -0.2) is 62.7 Å². The number of amides is 3. The van der Waals surface area contributed by atoms with Gasteiger partial charge in [0.2, 0.25) is 17.7 Å². The van der Waals surface area contributed by atoms with Gasteiger partial charge in [-0.25, -0.2) is 0 Å². The van der Waals surface area contributed by atoms with Crippen molar-refractivity contribution in [3.63, 3.8) is 0 Å². The lowest BCUT2D eigenvalue weighted by Gasteiger charge is -2.18. The predicted molar refractivity (Wildman–Crippen MR) is 111 cm³/mol. The van der Waals surface area contributed by atoms with E-state index in [-0.39, 0.29) is 17.7 Å². The SMILES string of the molecule is CC(=O)N[C@@H](CCCCNC(C)C)C(=O)NCCOCCC(=O)NCC(C)C. The molecule has 0 aromatic heterocycles. The number of hydrogen-bond acceptors (Lipinski definition) is 5. The van der Waals surface area contributed by atoms with E-state index in [0.29, 0.717) is 51.1 Å². The quantitative estimate of drug-likeness (QED) is 0.289. The molecule has 0 bridgehead atoms. The van der Waals surface area contributed by atoms with Crippen LogP contribution in [-0.2, 0) is 19.1 Å². The summed E-state index contributed by atoms with van der Waals surface area (Å²) in [7, 11) is 0. The van der Waals surface area contributed by atoms with Crippen LogP contribution in [0.5, 0.6) is 0 Å². The molecule has 1 atom stereocenters. The Morgan fingerprint density at radius 3 is 2.25 bits per heavy atom. The fourth-order valence-electron chi connectivity index (χ4n) is 2.42. The summed E-state index contributed by atoms with van der Waals surface area (Å²) in [6.07, 6.45) is 2.70. The molecule has 0 aliphatic rings. The topological polar surface area (TPSA) is 109 Å². The zero-order valence-electron chi connectivity index (χ0n) is 18.2. The predicted octanol–water partition coefficient (Wildman–Crippen LogP) is 0.955. The maximum Gasteiger partial charge on any atom is 0.242 e. The van der Waals surface area contributed by atoms with Crippen LogP contribution in [0, 0.1) is 5.92 Å². The first-order valence-corrected chi connectivity index (χ1v) is 10.3. The number of rotatable bonds is 16. The van der Waals surface area contributed by atoms with Crippen molar-refractivity contribution in [1.29, 1.82) is 0 Å². The molecule has 0 radical (unpaired) electrons. The molecular weight excluding hydrogens is 360 g/mol. The minimum Gasteiger partial charge on any atom is -0.379 e. The van der Waals surface area contributed by atoms with Crippen molar-refractivity contribution in [2.24, 2.45) is 5.92 Å². The van der Waals surface area contributed by atoms with E-state index in [0.717, 1.165) is 19.4 Å². The van der Waals surface area contributed by atoms with Gasteiger partial charge in [0.1, 0.15) is 6.04 Å². The third-order valence-electron chi connectivity index (χ3n) is 3.89. The fourth-order valence-corrected chi connectivity index (χ4v) is 2.42. The van der Waals surface area contributed by atoms with Crippen LogP contribution in [0.1, 0.15) is 60.3 Å². The summed E-state index contributed by atoms with van der Waals surface area (Å²) in [6, 6.07) is -0.0888. The van der Waals surface area contributed by atoms with Crippen molar-refractivity contribution in [2.75, 3.05) is 32.8 Å². The van der Waals surface area contributed by atoms with Gasteiger partial charge < -0.3 is 26.0 Å². The van der Waals surface area contributed by atoms with Gasteiger partial charge in [-0.05, 0) is 31.7 Å². The van der Waals surface area contributed by atoms with Gasteiger partial charge in [-0.15, -0.1) is 0 Å². The van der Waals surface area contributed by atoms with Gasteiger partial charge in [-0.1, -0.05) is 27.7 Å². The molecule has 0 aromatic carbocycles. The van der Waals surface area contributed by atoms with Gasteiger partial charge in [0.25, 0.3) is 0 Å². The van der Waals surface area contributed by atoms with Crippen LogP contribution in [0.3, 0.4) is 0 Å². The highest BCUT2D eigenvalue weighted by Crippen LogP contribution is 2.02. The molecule has 164 valence electrons. The van der Waals surface area contributed by atoms with E-state index < -0.39 is 6.04 Å². The molecule has 0 spiro atoms. The van der Waals surface area contributed by atoms with E-state index in [1.807, 2.05) is 13.8 Å².